The lowest BCUT2D eigenvalue weighted by Crippen LogP contribution is -2.18. The number of carbonyl (C=O) groups excluding carboxylic acids is 1. The third kappa shape index (κ3) is 4.80. The van der Waals surface area contributed by atoms with Crippen molar-refractivity contribution < 1.29 is 18.7 Å². The van der Waals surface area contributed by atoms with E-state index >= 15 is 0 Å². The molecular formula is C19H19BrFNO3. The van der Waals surface area contributed by atoms with Crippen LogP contribution < -0.4 is 10.1 Å². The fourth-order valence-corrected chi connectivity index (χ4v) is 3.16. The summed E-state index contributed by atoms with van der Waals surface area (Å²) < 4.78 is 25.4. The zero-order chi connectivity index (χ0) is 17.8. The first kappa shape index (κ1) is 17.9. The maximum atomic E-state index is 13.5. The molecule has 0 saturated carbocycles. The van der Waals surface area contributed by atoms with E-state index in [2.05, 4.69) is 21.2 Å². The summed E-state index contributed by atoms with van der Waals surface area (Å²) in [5.74, 6) is -0.288. The molecule has 1 saturated heterocycles. The van der Waals surface area contributed by atoms with E-state index in [1.54, 1.807) is 12.1 Å². The lowest BCUT2D eigenvalue weighted by atomic mass is 10.1. The van der Waals surface area contributed by atoms with Gasteiger partial charge in [0.2, 0.25) is 0 Å². The van der Waals surface area contributed by atoms with Gasteiger partial charge in [-0.3, -0.25) is 4.79 Å². The topological polar surface area (TPSA) is 47.6 Å². The summed E-state index contributed by atoms with van der Waals surface area (Å²) in [5, 5.41) is 2.79. The summed E-state index contributed by atoms with van der Waals surface area (Å²) >= 11 is 3.19. The minimum Gasteiger partial charge on any atom is -0.489 e. The first-order valence-electron chi connectivity index (χ1n) is 8.14. The molecule has 1 aliphatic rings. The van der Waals surface area contributed by atoms with Gasteiger partial charge in [-0.2, -0.15) is 0 Å². The van der Waals surface area contributed by atoms with Gasteiger partial charge in [0.05, 0.1) is 11.8 Å². The van der Waals surface area contributed by atoms with Crippen LogP contribution in [-0.2, 0) is 4.74 Å². The number of ether oxygens (including phenoxy) is 2. The molecule has 0 radical (unpaired) electrons. The SMILES string of the molecule is Cc1ccc(NC(=O)c2cc(F)cc(Br)c2)c(OCC2CCCO2)c1. The lowest BCUT2D eigenvalue weighted by molar-refractivity contribution is 0.0681. The smallest absolute Gasteiger partial charge is 0.255 e. The van der Waals surface area contributed by atoms with Crippen LogP contribution in [0.25, 0.3) is 0 Å². The predicted octanol–water partition coefficient (Wildman–Crippen LogP) is 4.71. The molecular weight excluding hydrogens is 389 g/mol. The van der Waals surface area contributed by atoms with Crippen LogP contribution in [0, 0.1) is 12.7 Å². The Labute approximate surface area is 154 Å². The van der Waals surface area contributed by atoms with Crippen molar-refractivity contribution >= 4 is 27.5 Å². The van der Waals surface area contributed by atoms with Gasteiger partial charge >= 0.3 is 0 Å². The summed E-state index contributed by atoms with van der Waals surface area (Å²) in [5.41, 5.74) is 1.81. The van der Waals surface area contributed by atoms with Crippen LogP contribution in [0.4, 0.5) is 10.1 Å². The molecule has 0 aromatic heterocycles. The van der Waals surface area contributed by atoms with E-state index in [9.17, 15) is 9.18 Å². The normalized spacial score (nSPS) is 16.7. The van der Waals surface area contributed by atoms with Gasteiger partial charge < -0.3 is 14.8 Å². The molecule has 25 heavy (non-hydrogen) atoms. The average molecular weight is 408 g/mol. The Kier molecular flexibility index (Phi) is 5.71. The largest absolute Gasteiger partial charge is 0.489 e. The van der Waals surface area contributed by atoms with Crippen molar-refractivity contribution in [3.05, 3.63) is 57.8 Å². The Balaban J connectivity index is 1.75. The van der Waals surface area contributed by atoms with Crippen LogP contribution in [0.1, 0.15) is 28.8 Å². The van der Waals surface area contributed by atoms with Gasteiger partial charge in [-0.25, -0.2) is 4.39 Å². The third-order valence-corrected chi connectivity index (χ3v) is 4.42. The second-order valence-electron chi connectivity index (χ2n) is 6.06. The van der Waals surface area contributed by atoms with E-state index in [-0.39, 0.29) is 11.7 Å². The van der Waals surface area contributed by atoms with Crippen LogP contribution in [-0.4, -0.2) is 25.2 Å². The first-order chi connectivity index (χ1) is 12.0. The number of benzene rings is 2. The van der Waals surface area contributed by atoms with Crippen LogP contribution in [0.3, 0.4) is 0 Å². The Hall–Kier alpha value is -1.92. The molecule has 1 amide bonds. The number of aryl methyl sites for hydroxylation is 1. The number of halogens is 2. The maximum absolute atomic E-state index is 13.5. The minimum absolute atomic E-state index is 0.0863. The number of rotatable bonds is 5. The molecule has 0 aliphatic carbocycles. The lowest BCUT2D eigenvalue weighted by Gasteiger charge is -2.16. The van der Waals surface area contributed by atoms with Gasteiger partial charge in [-0.1, -0.05) is 22.0 Å². The summed E-state index contributed by atoms with van der Waals surface area (Å²) in [4.78, 5) is 12.4. The first-order valence-corrected chi connectivity index (χ1v) is 8.93. The highest BCUT2D eigenvalue weighted by atomic mass is 79.9. The fraction of sp³-hybridized carbons (Fsp3) is 0.316. The van der Waals surface area contributed by atoms with Gasteiger partial charge in [-0.15, -0.1) is 0 Å². The molecule has 1 fully saturated rings. The standard InChI is InChI=1S/C19H19BrFNO3/c1-12-4-5-17(18(7-12)25-11-16-3-2-6-24-16)22-19(23)13-8-14(20)10-15(21)9-13/h4-5,7-10,16H,2-3,6,11H2,1H3,(H,22,23). The molecule has 1 N–H and O–H groups in total. The number of nitrogens with one attached hydrogen (secondary N) is 1. The Bertz CT molecular complexity index is 755. The number of hydrogen-bond acceptors (Lipinski definition) is 3. The molecule has 1 unspecified atom stereocenters. The highest BCUT2D eigenvalue weighted by Crippen LogP contribution is 2.28. The van der Waals surface area contributed by atoms with E-state index < -0.39 is 11.7 Å². The second kappa shape index (κ2) is 7.97. The number of anilines is 1. The van der Waals surface area contributed by atoms with Crippen LogP contribution in [0.15, 0.2) is 40.9 Å². The monoisotopic (exact) mass is 407 g/mol. The number of hydrogen-bond donors (Lipinski definition) is 1. The molecule has 132 valence electrons. The van der Waals surface area contributed by atoms with Gasteiger partial charge in [-0.05, 0) is 55.7 Å². The van der Waals surface area contributed by atoms with Crippen molar-refractivity contribution in [2.45, 2.75) is 25.9 Å². The summed E-state index contributed by atoms with van der Waals surface area (Å²) in [6.45, 7) is 3.16. The van der Waals surface area contributed by atoms with Crippen LogP contribution >= 0.6 is 15.9 Å². The Morgan fingerprint density at radius 2 is 2.20 bits per heavy atom. The Morgan fingerprint density at radius 3 is 2.92 bits per heavy atom. The summed E-state index contributed by atoms with van der Waals surface area (Å²) in [6.07, 6.45) is 2.10. The fourth-order valence-electron chi connectivity index (χ4n) is 2.69. The molecule has 1 heterocycles. The quantitative estimate of drug-likeness (QED) is 0.780. The van der Waals surface area contributed by atoms with E-state index in [4.69, 9.17) is 9.47 Å². The van der Waals surface area contributed by atoms with Crippen molar-refractivity contribution in [2.24, 2.45) is 0 Å². The van der Waals surface area contributed by atoms with Crippen molar-refractivity contribution in [1.29, 1.82) is 0 Å². The van der Waals surface area contributed by atoms with Crippen LogP contribution in [0.5, 0.6) is 5.75 Å². The van der Waals surface area contributed by atoms with Gasteiger partial charge in [0.1, 0.15) is 18.2 Å². The van der Waals surface area contributed by atoms with Crippen molar-refractivity contribution in [2.75, 3.05) is 18.5 Å². The molecule has 6 heteroatoms. The van der Waals surface area contributed by atoms with Gasteiger partial charge in [0.25, 0.3) is 5.91 Å². The van der Waals surface area contributed by atoms with Crippen LogP contribution in [0.2, 0.25) is 0 Å². The molecule has 4 nitrogen and oxygen atoms in total. The molecule has 1 aliphatic heterocycles. The highest BCUT2D eigenvalue weighted by Gasteiger charge is 2.18. The second-order valence-corrected chi connectivity index (χ2v) is 6.97. The van der Waals surface area contributed by atoms with E-state index in [1.807, 2.05) is 19.1 Å². The van der Waals surface area contributed by atoms with E-state index in [0.717, 1.165) is 25.0 Å². The molecule has 3 rings (SSSR count). The molecule has 2 aromatic rings. The number of amides is 1. The molecule has 1 atom stereocenters. The van der Waals surface area contributed by atoms with Gasteiger partial charge in [0.15, 0.2) is 0 Å². The summed E-state index contributed by atoms with van der Waals surface area (Å²) in [7, 11) is 0. The third-order valence-electron chi connectivity index (χ3n) is 3.96. The highest BCUT2D eigenvalue weighted by molar-refractivity contribution is 9.10. The van der Waals surface area contributed by atoms with Crippen molar-refractivity contribution in [1.82, 2.24) is 0 Å². The van der Waals surface area contributed by atoms with E-state index in [0.29, 0.717) is 22.5 Å². The number of carbonyl (C=O) groups is 1. The zero-order valence-corrected chi connectivity index (χ0v) is 15.4. The maximum Gasteiger partial charge on any atom is 0.255 e. The zero-order valence-electron chi connectivity index (χ0n) is 13.9. The summed E-state index contributed by atoms with van der Waals surface area (Å²) in [6, 6.07) is 9.61. The average Bonchev–Trinajstić information content (AvgIpc) is 3.07. The predicted molar refractivity (Wildman–Crippen MR) is 97.7 cm³/mol. The molecule has 0 bridgehead atoms. The van der Waals surface area contributed by atoms with E-state index in [1.165, 1.54) is 12.1 Å². The van der Waals surface area contributed by atoms with Gasteiger partial charge in [0, 0.05) is 16.6 Å². The molecule has 2 aromatic carbocycles. The van der Waals surface area contributed by atoms with Crippen molar-refractivity contribution in [3.8, 4) is 5.75 Å². The Morgan fingerprint density at radius 1 is 1.36 bits per heavy atom. The minimum atomic E-state index is -0.474. The van der Waals surface area contributed by atoms with Crippen molar-refractivity contribution in [3.63, 3.8) is 0 Å². The molecule has 0 spiro atoms.